The van der Waals surface area contributed by atoms with Gasteiger partial charge in [-0.05, 0) is 33.4 Å². The summed E-state index contributed by atoms with van der Waals surface area (Å²) in [7, 11) is 2.09. The summed E-state index contributed by atoms with van der Waals surface area (Å²) >= 11 is 0. The van der Waals surface area contributed by atoms with Crippen LogP contribution in [0.4, 0.5) is 4.79 Å². The molecule has 0 aliphatic carbocycles. The third-order valence-electron chi connectivity index (χ3n) is 3.40. The molecule has 110 valence electrons. The Labute approximate surface area is 121 Å². The zero-order valence-electron chi connectivity index (χ0n) is 12.8. The van der Waals surface area contributed by atoms with Gasteiger partial charge in [0.25, 0.3) is 0 Å². The highest BCUT2D eigenvalue weighted by Gasteiger charge is 2.32. The number of ether oxygens (including phenoxy) is 1. The first-order valence-electron chi connectivity index (χ1n) is 7.10. The number of nitrogens with zero attached hydrogens (tertiary/aromatic N) is 2. The summed E-state index contributed by atoms with van der Waals surface area (Å²) in [6.45, 7) is 8.12. The smallest absolute Gasteiger partial charge is 0.410 e. The van der Waals surface area contributed by atoms with Gasteiger partial charge in [0.05, 0.1) is 6.04 Å². The molecule has 1 atom stereocenters. The molecule has 4 nitrogen and oxygen atoms in total. The molecule has 0 bridgehead atoms. The molecule has 1 aliphatic heterocycles. The molecule has 1 aliphatic rings. The van der Waals surface area contributed by atoms with Crippen molar-refractivity contribution in [3.05, 3.63) is 35.9 Å². The van der Waals surface area contributed by atoms with Gasteiger partial charge in [0.1, 0.15) is 5.60 Å². The van der Waals surface area contributed by atoms with Crippen LogP contribution in [0.1, 0.15) is 32.4 Å². The van der Waals surface area contributed by atoms with E-state index in [1.807, 2.05) is 43.9 Å². The van der Waals surface area contributed by atoms with Gasteiger partial charge >= 0.3 is 6.09 Å². The van der Waals surface area contributed by atoms with E-state index in [2.05, 4.69) is 24.1 Å². The summed E-state index contributed by atoms with van der Waals surface area (Å²) in [6.07, 6.45) is -0.223. The zero-order chi connectivity index (χ0) is 14.8. The SMILES string of the molecule is CN1CCN(C(=O)OC(C)(C)C)C(c2ccccc2)C1. The topological polar surface area (TPSA) is 32.8 Å². The van der Waals surface area contributed by atoms with Crippen molar-refractivity contribution in [1.82, 2.24) is 9.80 Å². The fraction of sp³-hybridized carbons (Fsp3) is 0.562. The van der Waals surface area contributed by atoms with Crippen LogP contribution in [-0.4, -0.2) is 48.2 Å². The van der Waals surface area contributed by atoms with Crippen molar-refractivity contribution in [3.63, 3.8) is 0 Å². The summed E-state index contributed by atoms with van der Waals surface area (Å²) < 4.78 is 5.53. The van der Waals surface area contributed by atoms with Crippen LogP contribution in [0.2, 0.25) is 0 Å². The van der Waals surface area contributed by atoms with E-state index in [1.54, 1.807) is 0 Å². The first-order chi connectivity index (χ1) is 9.37. The number of hydrogen-bond acceptors (Lipinski definition) is 3. The van der Waals surface area contributed by atoms with E-state index in [9.17, 15) is 4.79 Å². The van der Waals surface area contributed by atoms with Gasteiger partial charge in [-0.3, -0.25) is 4.90 Å². The van der Waals surface area contributed by atoms with E-state index in [0.717, 1.165) is 18.7 Å². The maximum Gasteiger partial charge on any atom is 0.410 e. The van der Waals surface area contributed by atoms with Gasteiger partial charge in [0, 0.05) is 19.6 Å². The number of amides is 1. The highest BCUT2D eigenvalue weighted by atomic mass is 16.6. The molecular formula is C16H24N2O2. The molecule has 0 N–H and O–H groups in total. The molecule has 1 saturated heterocycles. The van der Waals surface area contributed by atoms with E-state index in [1.165, 1.54) is 0 Å². The Bertz CT molecular complexity index is 453. The Morgan fingerprint density at radius 1 is 1.20 bits per heavy atom. The van der Waals surface area contributed by atoms with E-state index >= 15 is 0 Å². The van der Waals surface area contributed by atoms with Crippen molar-refractivity contribution in [2.75, 3.05) is 26.7 Å². The first-order valence-corrected chi connectivity index (χ1v) is 7.10. The second-order valence-corrected chi connectivity index (χ2v) is 6.36. The molecule has 1 amide bonds. The molecule has 0 saturated carbocycles. The van der Waals surface area contributed by atoms with Crippen LogP contribution in [0.3, 0.4) is 0 Å². The van der Waals surface area contributed by atoms with Crippen LogP contribution in [0.15, 0.2) is 30.3 Å². The third kappa shape index (κ3) is 3.73. The van der Waals surface area contributed by atoms with Crippen LogP contribution in [0.25, 0.3) is 0 Å². The molecule has 0 aromatic heterocycles. The molecule has 4 heteroatoms. The number of hydrogen-bond donors (Lipinski definition) is 0. The third-order valence-corrected chi connectivity index (χ3v) is 3.40. The molecule has 1 heterocycles. The quantitative estimate of drug-likeness (QED) is 0.790. The Morgan fingerprint density at radius 3 is 2.45 bits per heavy atom. The number of benzene rings is 1. The predicted octanol–water partition coefficient (Wildman–Crippen LogP) is 2.91. The van der Waals surface area contributed by atoms with Crippen molar-refractivity contribution in [1.29, 1.82) is 0 Å². The number of piperazine rings is 1. The van der Waals surface area contributed by atoms with Crippen LogP contribution in [0.5, 0.6) is 0 Å². The zero-order valence-corrected chi connectivity index (χ0v) is 12.8. The normalized spacial score (nSPS) is 20.8. The maximum atomic E-state index is 12.4. The van der Waals surface area contributed by atoms with Gasteiger partial charge in [-0.25, -0.2) is 4.79 Å². The average Bonchev–Trinajstić information content (AvgIpc) is 2.37. The van der Waals surface area contributed by atoms with Crippen molar-refractivity contribution in [3.8, 4) is 0 Å². The number of likely N-dealkylation sites (N-methyl/N-ethyl adjacent to an activating group) is 1. The maximum absolute atomic E-state index is 12.4. The summed E-state index contributed by atoms with van der Waals surface area (Å²) in [6, 6.07) is 10.2. The van der Waals surface area contributed by atoms with Crippen molar-refractivity contribution >= 4 is 6.09 Å². The molecule has 0 spiro atoms. The van der Waals surface area contributed by atoms with Crippen molar-refractivity contribution < 1.29 is 9.53 Å². The minimum absolute atomic E-state index is 0.0600. The molecule has 20 heavy (non-hydrogen) atoms. The lowest BCUT2D eigenvalue weighted by Crippen LogP contribution is -2.50. The second kappa shape index (κ2) is 5.83. The minimum atomic E-state index is -0.457. The van der Waals surface area contributed by atoms with Crippen molar-refractivity contribution in [2.24, 2.45) is 0 Å². The lowest BCUT2D eigenvalue weighted by atomic mass is 10.0. The van der Waals surface area contributed by atoms with Crippen LogP contribution in [0, 0.1) is 0 Å². The molecule has 1 unspecified atom stereocenters. The second-order valence-electron chi connectivity index (χ2n) is 6.36. The minimum Gasteiger partial charge on any atom is -0.444 e. The van der Waals surface area contributed by atoms with Crippen LogP contribution in [-0.2, 0) is 4.74 Å². The monoisotopic (exact) mass is 276 g/mol. The lowest BCUT2D eigenvalue weighted by molar-refractivity contribution is 0.00107. The summed E-state index contributed by atoms with van der Waals surface area (Å²) in [5, 5.41) is 0. The molecular weight excluding hydrogens is 252 g/mol. The van der Waals surface area contributed by atoms with Gasteiger partial charge in [-0.15, -0.1) is 0 Å². The number of carbonyl (C=O) groups is 1. The average molecular weight is 276 g/mol. The fourth-order valence-corrected chi connectivity index (χ4v) is 2.42. The number of carbonyl (C=O) groups excluding carboxylic acids is 1. The van der Waals surface area contributed by atoms with Gasteiger partial charge in [0.15, 0.2) is 0 Å². The Hall–Kier alpha value is -1.55. The number of rotatable bonds is 1. The van der Waals surface area contributed by atoms with Gasteiger partial charge in [0.2, 0.25) is 0 Å². The largest absolute Gasteiger partial charge is 0.444 e. The summed E-state index contributed by atoms with van der Waals surface area (Å²) in [5.41, 5.74) is 0.701. The van der Waals surface area contributed by atoms with E-state index in [4.69, 9.17) is 4.74 Å². The fourth-order valence-electron chi connectivity index (χ4n) is 2.42. The Morgan fingerprint density at radius 2 is 1.85 bits per heavy atom. The highest BCUT2D eigenvalue weighted by molar-refractivity contribution is 5.69. The van der Waals surface area contributed by atoms with Crippen LogP contribution < -0.4 is 0 Å². The standard InChI is InChI=1S/C16H24N2O2/c1-16(2,3)20-15(19)18-11-10-17(4)12-14(18)13-8-6-5-7-9-13/h5-9,14H,10-12H2,1-4H3. The summed E-state index contributed by atoms with van der Waals surface area (Å²) in [4.78, 5) is 16.5. The van der Waals surface area contributed by atoms with E-state index < -0.39 is 5.60 Å². The van der Waals surface area contributed by atoms with Crippen LogP contribution >= 0.6 is 0 Å². The van der Waals surface area contributed by atoms with Gasteiger partial charge < -0.3 is 9.64 Å². The summed E-state index contributed by atoms with van der Waals surface area (Å²) in [5.74, 6) is 0. The molecule has 1 aromatic carbocycles. The predicted molar refractivity (Wildman–Crippen MR) is 79.6 cm³/mol. The van der Waals surface area contributed by atoms with Gasteiger partial charge in [-0.2, -0.15) is 0 Å². The van der Waals surface area contributed by atoms with E-state index in [-0.39, 0.29) is 12.1 Å². The molecule has 1 aromatic rings. The molecule has 1 fully saturated rings. The van der Waals surface area contributed by atoms with E-state index in [0.29, 0.717) is 6.54 Å². The molecule has 0 radical (unpaired) electrons. The Balaban J connectivity index is 2.19. The molecule has 2 rings (SSSR count). The Kier molecular flexibility index (Phi) is 4.33. The lowest BCUT2D eigenvalue weighted by Gasteiger charge is -2.40. The first kappa shape index (κ1) is 14.9. The highest BCUT2D eigenvalue weighted by Crippen LogP contribution is 2.26. The van der Waals surface area contributed by atoms with Crippen molar-refractivity contribution in [2.45, 2.75) is 32.4 Å². The van der Waals surface area contributed by atoms with Gasteiger partial charge in [-0.1, -0.05) is 30.3 Å².